The minimum absolute atomic E-state index is 0.0992. The number of fused-ring (bicyclic) bond motifs is 1. The lowest BCUT2D eigenvalue weighted by Gasteiger charge is -2.17. The van der Waals surface area contributed by atoms with Gasteiger partial charge in [-0.2, -0.15) is 0 Å². The Bertz CT molecular complexity index is 545. The molecule has 2 rings (SSSR count). The van der Waals surface area contributed by atoms with Crippen molar-refractivity contribution in [3.05, 3.63) is 23.7 Å². The first-order valence-corrected chi connectivity index (χ1v) is 6.97. The van der Waals surface area contributed by atoms with Crippen LogP contribution in [-0.2, 0) is 0 Å². The largest absolute Gasteiger partial charge is 0.309 e. The lowest BCUT2D eigenvalue weighted by molar-refractivity contribution is 0.491. The van der Waals surface area contributed by atoms with Crippen molar-refractivity contribution in [1.82, 2.24) is 14.5 Å². The average Bonchev–Trinajstić information content (AvgIpc) is 2.70. The van der Waals surface area contributed by atoms with Crippen LogP contribution < -0.4 is 0 Å². The van der Waals surface area contributed by atoms with Crippen LogP contribution in [0.15, 0.2) is 12.3 Å². The van der Waals surface area contributed by atoms with Gasteiger partial charge in [0.2, 0.25) is 0 Å². The number of halogens is 1. The second kappa shape index (κ2) is 5.27. The Balaban J connectivity index is 2.66. The van der Waals surface area contributed by atoms with Crippen molar-refractivity contribution in [1.29, 1.82) is 0 Å². The average molecular weight is 266 g/mol. The number of aryl methyl sites for hydroxylation is 1. The third-order valence-electron chi connectivity index (χ3n) is 3.31. The summed E-state index contributed by atoms with van der Waals surface area (Å²) in [4.78, 5) is 9.17. The van der Waals surface area contributed by atoms with Crippen molar-refractivity contribution in [2.24, 2.45) is 0 Å². The molecule has 0 amide bonds. The van der Waals surface area contributed by atoms with E-state index in [-0.39, 0.29) is 5.38 Å². The summed E-state index contributed by atoms with van der Waals surface area (Å²) in [7, 11) is 0. The molecule has 2 atom stereocenters. The maximum absolute atomic E-state index is 6.27. The summed E-state index contributed by atoms with van der Waals surface area (Å²) in [5, 5.41) is -0.0992. The van der Waals surface area contributed by atoms with E-state index >= 15 is 0 Å². The smallest absolute Gasteiger partial charge is 0.160 e. The lowest BCUT2D eigenvalue weighted by Crippen LogP contribution is -2.10. The molecule has 0 fully saturated rings. The van der Waals surface area contributed by atoms with Crippen LogP contribution in [0.1, 0.15) is 56.4 Å². The standard InChI is InChI=1S/C14H20ClN3/c1-5-6-10(3)18-13(11(4)15)17-12-9(2)7-8-16-14(12)18/h7-8,10-11H,5-6H2,1-4H3. The summed E-state index contributed by atoms with van der Waals surface area (Å²) in [5.41, 5.74) is 3.09. The molecule has 0 spiro atoms. The topological polar surface area (TPSA) is 30.7 Å². The number of imidazole rings is 1. The van der Waals surface area contributed by atoms with E-state index in [2.05, 4.69) is 35.3 Å². The van der Waals surface area contributed by atoms with Crippen molar-refractivity contribution < 1.29 is 0 Å². The monoisotopic (exact) mass is 265 g/mol. The number of alkyl halides is 1. The second-order valence-corrected chi connectivity index (χ2v) is 5.55. The minimum Gasteiger partial charge on any atom is -0.309 e. The Labute approximate surface area is 113 Å². The molecule has 0 saturated carbocycles. The molecule has 0 bridgehead atoms. The Kier molecular flexibility index (Phi) is 3.91. The maximum Gasteiger partial charge on any atom is 0.160 e. The van der Waals surface area contributed by atoms with E-state index in [1.54, 1.807) is 0 Å². The van der Waals surface area contributed by atoms with Gasteiger partial charge in [-0.1, -0.05) is 13.3 Å². The summed E-state index contributed by atoms with van der Waals surface area (Å²) < 4.78 is 2.20. The van der Waals surface area contributed by atoms with E-state index in [0.717, 1.165) is 35.4 Å². The van der Waals surface area contributed by atoms with Crippen LogP contribution in [0.5, 0.6) is 0 Å². The van der Waals surface area contributed by atoms with E-state index in [9.17, 15) is 0 Å². The fourth-order valence-corrected chi connectivity index (χ4v) is 2.54. The highest BCUT2D eigenvalue weighted by molar-refractivity contribution is 6.20. The van der Waals surface area contributed by atoms with E-state index < -0.39 is 0 Å². The first kappa shape index (κ1) is 13.3. The van der Waals surface area contributed by atoms with Crippen LogP contribution in [-0.4, -0.2) is 14.5 Å². The molecule has 0 aliphatic carbocycles. The van der Waals surface area contributed by atoms with Crippen molar-refractivity contribution in [3.63, 3.8) is 0 Å². The minimum atomic E-state index is -0.0992. The molecule has 0 aromatic carbocycles. The molecule has 0 aliphatic rings. The van der Waals surface area contributed by atoms with Crippen LogP contribution >= 0.6 is 11.6 Å². The zero-order chi connectivity index (χ0) is 13.3. The Morgan fingerprint density at radius 2 is 2.11 bits per heavy atom. The summed E-state index contributed by atoms with van der Waals surface area (Å²) in [6.07, 6.45) is 4.09. The van der Waals surface area contributed by atoms with Gasteiger partial charge < -0.3 is 4.57 Å². The van der Waals surface area contributed by atoms with E-state index in [1.165, 1.54) is 0 Å². The normalized spacial score (nSPS) is 14.9. The molecule has 0 radical (unpaired) electrons. The summed E-state index contributed by atoms with van der Waals surface area (Å²) in [6.45, 7) is 8.43. The van der Waals surface area contributed by atoms with Crippen LogP contribution in [0.4, 0.5) is 0 Å². The first-order chi connectivity index (χ1) is 8.56. The Hall–Kier alpha value is -1.09. The Morgan fingerprint density at radius 1 is 1.39 bits per heavy atom. The SMILES string of the molecule is CCCC(C)n1c(C(C)Cl)nc2c(C)ccnc21. The highest BCUT2D eigenvalue weighted by atomic mass is 35.5. The number of hydrogen-bond donors (Lipinski definition) is 0. The first-order valence-electron chi connectivity index (χ1n) is 6.53. The number of nitrogens with zero attached hydrogens (tertiary/aromatic N) is 3. The van der Waals surface area contributed by atoms with E-state index in [4.69, 9.17) is 11.6 Å². The predicted molar refractivity (Wildman–Crippen MR) is 76.2 cm³/mol. The van der Waals surface area contributed by atoms with Crippen LogP contribution in [0.25, 0.3) is 11.2 Å². The molecular formula is C14H20ClN3. The zero-order valence-corrected chi connectivity index (χ0v) is 12.2. The molecule has 0 saturated heterocycles. The van der Waals surface area contributed by atoms with Gasteiger partial charge in [-0.25, -0.2) is 9.97 Å². The predicted octanol–water partition coefficient (Wildman–Crippen LogP) is 4.40. The van der Waals surface area contributed by atoms with Gasteiger partial charge in [0, 0.05) is 12.2 Å². The van der Waals surface area contributed by atoms with E-state index in [0.29, 0.717) is 6.04 Å². The number of hydrogen-bond acceptors (Lipinski definition) is 2. The Morgan fingerprint density at radius 3 is 2.72 bits per heavy atom. The number of rotatable bonds is 4. The summed E-state index contributed by atoms with van der Waals surface area (Å²) in [5.74, 6) is 0.925. The van der Waals surface area contributed by atoms with Crippen molar-refractivity contribution in [2.75, 3.05) is 0 Å². The summed E-state index contributed by atoms with van der Waals surface area (Å²) in [6, 6.07) is 2.37. The van der Waals surface area contributed by atoms with Gasteiger partial charge in [-0.3, -0.25) is 0 Å². The van der Waals surface area contributed by atoms with Gasteiger partial charge in [0.05, 0.1) is 5.38 Å². The molecule has 4 heteroatoms. The van der Waals surface area contributed by atoms with Gasteiger partial charge in [0.15, 0.2) is 5.65 Å². The molecule has 18 heavy (non-hydrogen) atoms. The fraction of sp³-hybridized carbons (Fsp3) is 0.571. The quantitative estimate of drug-likeness (QED) is 0.767. The zero-order valence-electron chi connectivity index (χ0n) is 11.4. The van der Waals surface area contributed by atoms with Crippen molar-refractivity contribution in [2.45, 2.75) is 52.0 Å². The fourth-order valence-electron chi connectivity index (χ4n) is 2.39. The molecule has 2 unspecified atom stereocenters. The third-order valence-corrected chi connectivity index (χ3v) is 3.51. The number of aromatic nitrogens is 3. The molecule has 2 heterocycles. The molecule has 2 aromatic rings. The highest BCUT2D eigenvalue weighted by Gasteiger charge is 2.20. The van der Waals surface area contributed by atoms with Crippen LogP contribution in [0, 0.1) is 6.92 Å². The van der Waals surface area contributed by atoms with Crippen molar-refractivity contribution in [3.8, 4) is 0 Å². The maximum atomic E-state index is 6.27. The third kappa shape index (κ3) is 2.24. The van der Waals surface area contributed by atoms with Gasteiger partial charge in [0.1, 0.15) is 11.3 Å². The van der Waals surface area contributed by atoms with E-state index in [1.807, 2.05) is 19.2 Å². The highest BCUT2D eigenvalue weighted by Crippen LogP contribution is 2.29. The van der Waals surface area contributed by atoms with Gasteiger partial charge in [-0.05, 0) is 38.8 Å². The molecule has 2 aromatic heterocycles. The van der Waals surface area contributed by atoms with Gasteiger partial charge in [-0.15, -0.1) is 11.6 Å². The lowest BCUT2D eigenvalue weighted by atomic mass is 10.2. The molecular weight excluding hydrogens is 246 g/mol. The van der Waals surface area contributed by atoms with Gasteiger partial charge in [0.25, 0.3) is 0 Å². The van der Waals surface area contributed by atoms with Crippen LogP contribution in [0.3, 0.4) is 0 Å². The molecule has 3 nitrogen and oxygen atoms in total. The number of pyridine rings is 1. The summed E-state index contributed by atoms with van der Waals surface area (Å²) >= 11 is 6.27. The van der Waals surface area contributed by atoms with Gasteiger partial charge >= 0.3 is 0 Å². The molecule has 0 N–H and O–H groups in total. The molecule has 0 aliphatic heterocycles. The molecule has 98 valence electrons. The van der Waals surface area contributed by atoms with Crippen molar-refractivity contribution >= 4 is 22.8 Å². The second-order valence-electron chi connectivity index (χ2n) is 4.89. The van der Waals surface area contributed by atoms with Crippen LogP contribution in [0.2, 0.25) is 0 Å².